The number of Topliss-reactive ketones (excluding diaryl/α,β-unsaturated/α-hetero) is 1. The summed E-state index contributed by atoms with van der Waals surface area (Å²) in [6, 6.07) is 6.81. The summed E-state index contributed by atoms with van der Waals surface area (Å²) in [5.74, 6) is -1.44. The minimum absolute atomic E-state index is 0. The van der Waals surface area contributed by atoms with E-state index >= 15 is 0 Å². The van der Waals surface area contributed by atoms with E-state index in [1.807, 2.05) is 0 Å². The summed E-state index contributed by atoms with van der Waals surface area (Å²) >= 11 is 0. The van der Waals surface area contributed by atoms with E-state index in [2.05, 4.69) is 4.98 Å². The molecule has 2 aromatic heterocycles. The molecule has 0 atom stereocenters. The Kier molecular flexibility index (Phi) is 7.52. The number of fused-ring (bicyclic) bond motifs is 1. The van der Waals surface area contributed by atoms with Crippen LogP contribution in [0.5, 0.6) is 5.75 Å². The highest BCUT2D eigenvalue weighted by molar-refractivity contribution is 5.97. The molecule has 1 aromatic carbocycles. The van der Waals surface area contributed by atoms with E-state index in [0.717, 1.165) is 12.1 Å². The fourth-order valence-corrected chi connectivity index (χ4v) is 3.06. The van der Waals surface area contributed by atoms with Gasteiger partial charge in [-0.25, -0.2) is 13.8 Å². The lowest BCUT2D eigenvalue weighted by atomic mass is 9.86. The monoisotopic (exact) mass is 440 g/mol. The van der Waals surface area contributed by atoms with E-state index in [9.17, 15) is 23.8 Å². The van der Waals surface area contributed by atoms with Crippen molar-refractivity contribution in [2.45, 2.75) is 26.9 Å². The van der Waals surface area contributed by atoms with Crippen LogP contribution in [0.15, 0.2) is 36.5 Å². The van der Waals surface area contributed by atoms with Crippen LogP contribution in [-0.2, 0) is 6.61 Å². The lowest BCUT2D eigenvalue weighted by molar-refractivity contribution is 0.0538. The number of carbonyl (C=O) groups is 1. The van der Waals surface area contributed by atoms with Gasteiger partial charge in [0.05, 0.1) is 24.5 Å². The van der Waals surface area contributed by atoms with Gasteiger partial charge in [-0.3, -0.25) is 9.20 Å². The molecular weight excluding hydrogens is 418 g/mol. The number of aliphatic hydroxyl groups is 2. The van der Waals surface area contributed by atoms with Crippen LogP contribution in [0, 0.1) is 24.0 Å². The Hall–Kier alpha value is -2.55. The van der Waals surface area contributed by atoms with Gasteiger partial charge in [0.1, 0.15) is 23.9 Å². The van der Waals surface area contributed by atoms with Crippen LogP contribution in [0.1, 0.15) is 35.1 Å². The van der Waals surface area contributed by atoms with E-state index in [4.69, 9.17) is 4.74 Å². The smallest absolute Gasteiger partial charge is 0.182 e. The molecule has 3 aromatic rings. The van der Waals surface area contributed by atoms with Crippen LogP contribution in [0.2, 0.25) is 0 Å². The number of hydrogen-bond donors (Lipinski definition) is 2. The maximum absolute atomic E-state index is 13.8. The molecule has 6 nitrogen and oxygen atoms in total. The number of benzene rings is 1. The summed E-state index contributed by atoms with van der Waals surface area (Å²) in [7, 11) is 0. The number of aliphatic hydroxyl groups excluding tert-OH is 2. The third-order valence-corrected chi connectivity index (χ3v) is 4.84. The molecule has 0 fully saturated rings. The zero-order chi connectivity index (χ0) is 21.2. The number of nitrogens with zero attached hydrogens (tertiary/aromatic N) is 2. The van der Waals surface area contributed by atoms with Gasteiger partial charge in [0.2, 0.25) is 0 Å². The Morgan fingerprint density at radius 2 is 1.80 bits per heavy atom. The maximum Gasteiger partial charge on any atom is 0.182 e. The van der Waals surface area contributed by atoms with E-state index in [1.54, 1.807) is 36.6 Å². The standard InChI is InChI=1S/C21H22F2N2O4.ClH/c1-13-19(17(28)9-21(2,11-26)12-27)25-8-4-7-18(20(25)24-13)29-10-14-15(22)5-3-6-16(14)23;/h3-8,26-27H,9-12H2,1-2H3;1H. The fraction of sp³-hybridized carbons (Fsp3) is 0.333. The van der Waals surface area contributed by atoms with Crippen molar-refractivity contribution in [3.05, 3.63) is 65.1 Å². The van der Waals surface area contributed by atoms with E-state index in [-0.39, 0.29) is 55.7 Å². The molecule has 0 radical (unpaired) electrons. The molecule has 9 heteroatoms. The predicted octanol–water partition coefficient (Wildman–Crippen LogP) is 3.49. The zero-order valence-electron chi connectivity index (χ0n) is 16.6. The zero-order valence-corrected chi connectivity index (χ0v) is 17.4. The topological polar surface area (TPSA) is 84.1 Å². The second-order valence-electron chi connectivity index (χ2n) is 7.33. The minimum Gasteiger partial charge on any atom is -0.485 e. The molecule has 0 aliphatic heterocycles. The summed E-state index contributed by atoms with van der Waals surface area (Å²) in [4.78, 5) is 17.2. The molecule has 162 valence electrons. The quantitative estimate of drug-likeness (QED) is 0.524. The Balaban J connectivity index is 0.00000320. The molecule has 0 aliphatic carbocycles. The van der Waals surface area contributed by atoms with E-state index in [1.165, 1.54) is 6.07 Å². The lowest BCUT2D eigenvalue weighted by Gasteiger charge is -2.23. The van der Waals surface area contributed by atoms with Gasteiger partial charge >= 0.3 is 0 Å². The van der Waals surface area contributed by atoms with E-state index in [0.29, 0.717) is 17.0 Å². The van der Waals surface area contributed by atoms with Crippen LogP contribution in [0.3, 0.4) is 0 Å². The molecule has 0 spiro atoms. The molecule has 0 bridgehead atoms. The maximum atomic E-state index is 13.8. The lowest BCUT2D eigenvalue weighted by Crippen LogP contribution is -2.29. The number of aromatic nitrogens is 2. The Labute approximate surface area is 178 Å². The van der Waals surface area contributed by atoms with Gasteiger partial charge in [-0.15, -0.1) is 12.4 Å². The molecule has 2 heterocycles. The Morgan fingerprint density at radius 3 is 2.40 bits per heavy atom. The summed E-state index contributed by atoms with van der Waals surface area (Å²) in [6.45, 7) is 2.26. The van der Waals surface area contributed by atoms with Crippen molar-refractivity contribution >= 4 is 23.8 Å². The Bertz CT molecular complexity index is 1030. The Morgan fingerprint density at radius 1 is 1.17 bits per heavy atom. The molecule has 2 N–H and O–H groups in total. The summed E-state index contributed by atoms with van der Waals surface area (Å²) in [5.41, 5.74) is -0.0722. The number of imidazole rings is 1. The van der Waals surface area contributed by atoms with Gasteiger partial charge in [0.15, 0.2) is 17.2 Å². The third-order valence-electron chi connectivity index (χ3n) is 4.84. The molecule has 30 heavy (non-hydrogen) atoms. The van der Waals surface area contributed by atoms with Crippen molar-refractivity contribution in [1.82, 2.24) is 9.38 Å². The van der Waals surface area contributed by atoms with Crippen molar-refractivity contribution < 1.29 is 28.5 Å². The first-order valence-corrected chi connectivity index (χ1v) is 9.08. The molecular formula is C21H23ClF2N2O4. The van der Waals surface area contributed by atoms with Crippen molar-refractivity contribution in [3.8, 4) is 5.75 Å². The number of ketones is 1. The highest BCUT2D eigenvalue weighted by Crippen LogP contribution is 2.27. The molecule has 0 saturated heterocycles. The molecule has 0 amide bonds. The fourth-order valence-electron chi connectivity index (χ4n) is 3.06. The van der Waals surface area contributed by atoms with Gasteiger partial charge in [0, 0.05) is 18.0 Å². The van der Waals surface area contributed by atoms with Crippen LogP contribution in [-0.4, -0.2) is 38.6 Å². The van der Waals surface area contributed by atoms with Crippen molar-refractivity contribution in [2.75, 3.05) is 13.2 Å². The minimum atomic E-state index is -0.954. The first-order chi connectivity index (χ1) is 13.8. The van der Waals surface area contributed by atoms with Gasteiger partial charge < -0.3 is 14.9 Å². The molecule has 0 aliphatic rings. The van der Waals surface area contributed by atoms with Crippen LogP contribution in [0.25, 0.3) is 5.65 Å². The number of hydrogen-bond acceptors (Lipinski definition) is 5. The van der Waals surface area contributed by atoms with Gasteiger partial charge in [-0.2, -0.15) is 0 Å². The van der Waals surface area contributed by atoms with Crippen molar-refractivity contribution in [1.29, 1.82) is 0 Å². The van der Waals surface area contributed by atoms with Crippen molar-refractivity contribution in [3.63, 3.8) is 0 Å². The average Bonchev–Trinajstić information content (AvgIpc) is 3.04. The van der Waals surface area contributed by atoms with Crippen molar-refractivity contribution in [2.24, 2.45) is 5.41 Å². The van der Waals surface area contributed by atoms with Crippen LogP contribution >= 0.6 is 12.4 Å². The largest absolute Gasteiger partial charge is 0.485 e. The molecule has 0 unspecified atom stereocenters. The highest BCUT2D eigenvalue weighted by Gasteiger charge is 2.29. The first kappa shape index (κ1) is 23.7. The second-order valence-corrected chi connectivity index (χ2v) is 7.33. The third kappa shape index (κ3) is 4.61. The van der Waals surface area contributed by atoms with Gasteiger partial charge in [0.25, 0.3) is 0 Å². The molecule has 0 saturated carbocycles. The second kappa shape index (κ2) is 9.51. The summed E-state index contributed by atoms with van der Waals surface area (Å²) in [6.07, 6.45) is 1.56. The highest BCUT2D eigenvalue weighted by atomic mass is 35.5. The summed E-state index contributed by atoms with van der Waals surface area (Å²) < 4.78 is 34.8. The normalized spacial score (nSPS) is 11.4. The number of pyridine rings is 1. The van der Waals surface area contributed by atoms with Crippen LogP contribution < -0.4 is 4.74 Å². The number of halogens is 3. The predicted molar refractivity (Wildman–Crippen MR) is 109 cm³/mol. The van der Waals surface area contributed by atoms with Crippen LogP contribution in [0.4, 0.5) is 8.78 Å². The molecule has 3 rings (SSSR count). The summed E-state index contributed by atoms with van der Waals surface area (Å²) in [5, 5.41) is 18.9. The average molecular weight is 441 g/mol. The van der Waals surface area contributed by atoms with Gasteiger partial charge in [-0.1, -0.05) is 13.0 Å². The number of aryl methyl sites for hydroxylation is 1. The SMILES string of the molecule is Cc1nc2c(OCc3c(F)cccc3F)cccn2c1C(=O)CC(C)(CO)CO.Cl. The number of ether oxygens (including phenoxy) is 1. The number of rotatable bonds is 8. The number of carbonyl (C=O) groups excluding carboxylic acids is 1. The van der Waals surface area contributed by atoms with Gasteiger partial charge in [-0.05, 0) is 31.2 Å². The van der Waals surface area contributed by atoms with E-state index < -0.39 is 17.0 Å². The first-order valence-electron chi connectivity index (χ1n) is 9.08.